The van der Waals surface area contributed by atoms with E-state index < -0.39 is 12.1 Å². The minimum absolute atomic E-state index is 0.150. The van der Waals surface area contributed by atoms with Gasteiger partial charge in [-0.25, -0.2) is 0 Å². The Morgan fingerprint density at radius 2 is 2.06 bits per heavy atom. The van der Waals surface area contributed by atoms with E-state index in [1.807, 2.05) is 0 Å². The average molecular weight is 254 g/mol. The molecule has 0 atom stereocenters. The highest BCUT2D eigenvalue weighted by atomic mass is 35.5. The maximum atomic E-state index is 11.9. The highest BCUT2D eigenvalue weighted by Crippen LogP contribution is 2.32. The third-order valence-corrected chi connectivity index (χ3v) is 2.18. The van der Waals surface area contributed by atoms with Gasteiger partial charge in [-0.05, 0) is 17.7 Å². The van der Waals surface area contributed by atoms with Crippen LogP contribution in [0.3, 0.4) is 0 Å². The summed E-state index contributed by atoms with van der Waals surface area (Å²) in [6.45, 7) is 1.46. The van der Waals surface area contributed by atoms with Gasteiger partial charge in [-0.1, -0.05) is 24.6 Å². The van der Waals surface area contributed by atoms with Gasteiger partial charge < -0.3 is 9.84 Å². The second kappa shape index (κ2) is 4.93. The quantitative estimate of drug-likeness (QED) is 0.897. The first-order valence-corrected chi connectivity index (χ1v) is 4.70. The molecule has 0 spiro atoms. The number of hydrogen-bond donors (Lipinski definition) is 1. The highest BCUT2D eigenvalue weighted by molar-refractivity contribution is 6.32. The monoisotopic (exact) mass is 253 g/mol. The van der Waals surface area contributed by atoms with Crippen LogP contribution in [0.5, 0.6) is 5.75 Å². The molecule has 1 aromatic carbocycles. The van der Waals surface area contributed by atoms with E-state index in [0.29, 0.717) is 11.5 Å². The zero-order valence-electron chi connectivity index (χ0n) is 8.31. The summed E-state index contributed by atoms with van der Waals surface area (Å²) in [5.74, 6) is 0.157. The van der Waals surface area contributed by atoms with E-state index in [1.54, 1.807) is 6.92 Å². The molecule has 0 bridgehead atoms. The van der Waals surface area contributed by atoms with Crippen molar-refractivity contribution >= 4 is 11.6 Å². The summed E-state index contributed by atoms with van der Waals surface area (Å²) in [5.41, 5.74) is 0.571. The largest absolute Gasteiger partial charge is 0.573 e. The van der Waals surface area contributed by atoms with Crippen molar-refractivity contribution in [2.24, 2.45) is 0 Å². The lowest BCUT2D eigenvalue weighted by Gasteiger charge is -2.13. The third-order valence-electron chi connectivity index (χ3n) is 1.89. The van der Waals surface area contributed by atoms with Gasteiger partial charge in [0.05, 0.1) is 11.6 Å². The zero-order chi connectivity index (χ0) is 12.3. The van der Waals surface area contributed by atoms with Crippen molar-refractivity contribution in [1.82, 2.24) is 0 Å². The standard InChI is InChI=1S/C10H9ClF3O2/c1-6(5-15)7-2-3-9(8(11)4-7)16-10(12,13)14/h2-4,15H,5H2,1H3. The van der Waals surface area contributed by atoms with E-state index in [0.717, 1.165) is 6.07 Å². The Kier molecular flexibility index (Phi) is 4.04. The maximum Gasteiger partial charge on any atom is 0.573 e. The Morgan fingerprint density at radius 3 is 2.50 bits per heavy atom. The van der Waals surface area contributed by atoms with Crippen molar-refractivity contribution < 1.29 is 23.0 Å². The van der Waals surface area contributed by atoms with Crippen molar-refractivity contribution in [2.75, 3.05) is 6.61 Å². The fourth-order valence-corrected chi connectivity index (χ4v) is 1.28. The number of hydrogen-bond acceptors (Lipinski definition) is 2. The predicted octanol–water partition coefficient (Wildman–Crippen LogP) is 3.17. The minimum atomic E-state index is -4.76. The van der Waals surface area contributed by atoms with Crippen molar-refractivity contribution in [3.05, 3.63) is 34.7 Å². The number of aliphatic hydroxyl groups excluding tert-OH is 1. The Morgan fingerprint density at radius 1 is 1.44 bits per heavy atom. The van der Waals surface area contributed by atoms with Gasteiger partial charge in [-0.15, -0.1) is 13.2 Å². The second-order valence-electron chi connectivity index (χ2n) is 3.13. The molecule has 0 aliphatic heterocycles. The van der Waals surface area contributed by atoms with Crippen LogP contribution in [0, 0.1) is 5.92 Å². The summed E-state index contributed by atoms with van der Waals surface area (Å²) >= 11 is 5.62. The summed E-state index contributed by atoms with van der Waals surface area (Å²) in [5, 5.41) is 8.69. The van der Waals surface area contributed by atoms with Crippen LogP contribution in [0.25, 0.3) is 0 Å². The number of benzene rings is 1. The van der Waals surface area contributed by atoms with Gasteiger partial charge in [-0.2, -0.15) is 0 Å². The third kappa shape index (κ3) is 3.57. The van der Waals surface area contributed by atoms with Crippen LogP contribution < -0.4 is 4.74 Å². The topological polar surface area (TPSA) is 29.5 Å². The van der Waals surface area contributed by atoms with Crippen molar-refractivity contribution in [1.29, 1.82) is 0 Å². The lowest BCUT2D eigenvalue weighted by atomic mass is 10.0. The Balaban J connectivity index is 2.92. The van der Waals surface area contributed by atoms with E-state index in [-0.39, 0.29) is 11.6 Å². The summed E-state index contributed by atoms with van der Waals surface area (Å²) in [4.78, 5) is 0. The van der Waals surface area contributed by atoms with Crippen molar-refractivity contribution in [3.63, 3.8) is 0 Å². The lowest BCUT2D eigenvalue weighted by Crippen LogP contribution is -2.17. The molecule has 1 rings (SSSR count). The summed E-state index contributed by atoms with van der Waals surface area (Å²) < 4.78 is 39.5. The molecule has 16 heavy (non-hydrogen) atoms. The normalized spacial score (nSPS) is 11.9. The number of rotatable bonds is 3. The highest BCUT2D eigenvalue weighted by Gasteiger charge is 2.32. The Hall–Kier alpha value is -0.940. The molecule has 0 fully saturated rings. The molecule has 0 aromatic heterocycles. The van der Waals surface area contributed by atoms with Crippen molar-refractivity contribution in [3.8, 4) is 5.75 Å². The first-order valence-electron chi connectivity index (χ1n) is 4.32. The summed E-state index contributed by atoms with van der Waals surface area (Å²) in [6.07, 6.45) is -4.76. The summed E-state index contributed by atoms with van der Waals surface area (Å²) in [7, 11) is 0. The number of ether oxygens (including phenoxy) is 1. The molecular weight excluding hydrogens is 245 g/mol. The van der Waals surface area contributed by atoms with Gasteiger partial charge >= 0.3 is 6.36 Å². The van der Waals surface area contributed by atoms with Crippen LogP contribution in [-0.2, 0) is 0 Å². The lowest BCUT2D eigenvalue weighted by molar-refractivity contribution is -0.274. The molecule has 6 heteroatoms. The first kappa shape index (κ1) is 13.1. The fraction of sp³-hybridized carbons (Fsp3) is 0.300. The number of halogens is 4. The molecule has 0 aliphatic rings. The smallest absolute Gasteiger partial charge is 0.404 e. The fourth-order valence-electron chi connectivity index (χ4n) is 1.07. The van der Waals surface area contributed by atoms with E-state index in [2.05, 4.69) is 4.74 Å². The van der Waals surface area contributed by atoms with E-state index in [1.165, 1.54) is 12.1 Å². The zero-order valence-corrected chi connectivity index (χ0v) is 9.06. The molecule has 0 amide bonds. The van der Waals surface area contributed by atoms with Crippen LogP contribution in [0.1, 0.15) is 12.5 Å². The number of alkyl halides is 3. The van der Waals surface area contributed by atoms with Gasteiger partial charge in [0, 0.05) is 5.92 Å². The molecule has 0 aliphatic carbocycles. The summed E-state index contributed by atoms with van der Waals surface area (Å²) in [6, 6.07) is 3.83. The van der Waals surface area contributed by atoms with E-state index in [4.69, 9.17) is 16.7 Å². The van der Waals surface area contributed by atoms with Crippen molar-refractivity contribution in [2.45, 2.75) is 13.3 Å². The second-order valence-corrected chi connectivity index (χ2v) is 3.54. The Labute approximate surface area is 95.6 Å². The molecule has 0 saturated carbocycles. The molecule has 0 saturated heterocycles. The minimum Gasteiger partial charge on any atom is -0.404 e. The molecule has 1 radical (unpaired) electrons. The van der Waals surface area contributed by atoms with Crippen LogP contribution in [0.4, 0.5) is 13.2 Å². The molecule has 89 valence electrons. The molecule has 0 heterocycles. The average Bonchev–Trinajstić information content (AvgIpc) is 2.18. The van der Waals surface area contributed by atoms with Crippen LogP contribution in [-0.4, -0.2) is 18.1 Å². The van der Waals surface area contributed by atoms with Gasteiger partial charge in [0.1, 0.15) is 5.75 Å². The molecule has 0 unspecified atom stereocenters. The molecule has 1 N–H and O–H groups in total. The van der Waals surface area contributed by atoms with Gasteiger partial charge in [0.2, 0.25) is 0 Å². The van der Waals surface area contributed by atoms with E-state index in [9.17, 15) is 13.2 Å². The van der Waals surface area contributed by atoms with Gasteiger partial charge in [-0.3, -0.25) is 0 Å². The Bertz CT molecular complexity index is 366. The first-order chi connectivity index (χ1) is 7.33. The molecular formula is C10H9ClF3O2. The SMILES string of the molecule is C[C](CO)c1ccc(OC(F)(F)F)c(Cl)c1. The number of aliphatic hydroxyl groups is 1. The maximum absolute atomic E-state index is 11.9. The predicted molar refractivity (Wildman–Crippen MR) is 53.2 cm³/mol. The van der Waals surface area contributed by atoms with Crippen LogP contribution >= 0.6 is 11.6 Å². The van der Waals surface area contributed by atoms with E-state index >= 15 is 0 Å². The molecule has 1 aromatic rings. The van der Waals surface area contributed by atoms with Gasteiger partial charge in [0.15, 0.2) is 0 Å². The van der Waals surface area contributed by atoms with Crippen LogP contribution in [0.2, 0.25) is 5.02 Å². The van der Waals surface area contributed by atoms with Crippen LogP contribution in [0.15, 0.2) is 18.2 Å². The molecule has 2 nitrogen and oxygen atoms in total. The van der Waals surface area contributed by atoms with Gasteiger partial charge in [0.25, 0.3) is 0 Å².